The van der Waals surface area contributed by atoms with Crippen molar-refractivity contribution in [3.05, 3.63) is 29.3 Å². The fourth-order valence-corrected chi connectivity index (χ4v) is 3.49. The molecule has 0 amide bonds. The van der Waals surface area contributed by atoms with E-state index < -0.39 is 10.0 Å². The lowest BCUT2D eigenvalue weighted by atomic mass is 10.1. The molecule has 0 bridgehead atoms. The second-order valence-corrected chi connectivity index (χ2v) is 7.47. The number of rotatable bonds is 8. The molecule has 1 aromatic rings. The van der Waals surface area contributed by atoms with Crippen LogP contribution < -0.4 is 4.72 Å². The van der Waals surface area contributed by atoms with Crippen LogP contribution in [0.25, 0.3) is 0 Å². The van der Waals surface area contributed by atoms with Crippen molar-refractivity contribution in [3.63, 3.8) is 0 Å². The second-order valence-electron chi connectivity index (χ2n) is 5.71. The Labute approximate surface area is 133 Å². The highest BCUT2D eigenvalue weighted by Crippen LogP contribution is 2.14. The summed E-state index contributed by atoms with van der Waals surface area (Å²) in [7, 11) is -3.43. The molecular formula is C16H25NO4S. The first-order valence-corrected chi connectivity index (χ1v) is 9.23. The van der Waals surface area contributed by atoms with Crippen LogP contribution in [0.2, 0.25) is 0 Å². The van der Waals surface area contributed by atoms with Crippen molar-refractivity contribution >= 4 is 10.0 Å². The van der Waals surface area contributed by atoms with Crippen molar-refractivity contribution < 1.29 is 17.9 Å². The minimum Gasteiger partial charge on any atom is -0.379 e. The molecule has 1 aromatic carbocycles. The third kappa shape index (κ3) is 5.05. The van der Waals surface area contributed by atoms with Crippen molar-refractivity contribution in [2.75, 3.05) is 26.4 Å². The van der Waals surface area contributed by atoms with Gasteiger partial charge in [-0.2, -0.15) is 0 Å². The van der Waals surface area contributed by atoms with Gasteiger partial charge in [0.15, 0.2) is 0 Å². The van der Waals surface area contributed by atoms with E-state index >= 15 is 0 Å². The van der Waals surface area contributed by atoms with Gasteiger partial charge >= 0.3 is 0 Å². The van der Waals surface area contributed by atoms with Crippen molar-refractivity contribution in [1.29, 1.82) is 0 Å². The van der Waals surface area contributed by atoms with E-state index in [1.165, 1.54) is 0 Å². The molecule has 1 saturated heterocycles. The largest absolute Gasteiger partial charge is 0.379 e. The van der Waals surface area contributed by atoms with Crippen molar-refractivity contribution in [2.24, 2.45) is 0 Å². The average molecular weight is 327 g/mol. The Morgan fingerprint density at radius 2 is 2.14 bits per heavy atom. The van der Waals surface area contributed by atoms with Crippen LogP contribution in [-0.4, -0.2) is 40.9 Å². The third-order valence-electron chi connectivity index (χ3n) is 3.87. The Hall–Kier alpha value is -0.950. The zero-order valence-corrected chi connectivity index (χ0v) is 14.1. The van der Waals surface area contributed by atoms with Crippen LogP contribution in [0.15, 0.2) is 23.1 Å². The number of benzene rings is 1. The van der Waals surface area contributed by atoms with E-state index in [1.54, 1.807) is 12.1 Å². The maximum Gasteiger partial charge on any atom is 0.240 e. The van der Waals surface area contributed by atoms with Gasteiger partial charge in [-0.15, -0.1) is 0 Å². The van der Waals surface area contributed by atoms with E-state index in [1.807, 2.05) is 19.9 Å². The third-order valence-corrected chi connectivity index (χ3v) is 5.33. The topological polar surface area (TPSA) is 64.6 Å². The average Bonchev–Trinajstić information content (AvgIpc) is 2.98. The molecule has 0 radical (unpaired) electrons. The van der Waals surface area contributed by atoms with Crippen LogP contribution in [0, 0.1) is 13.8 Å². The fourth-order valence-electron chi connectivity index (χ4n) is 2.34. The molecular weight excluding hydrogens is 302 g/mol. The molecule has 1 unspecified atom stereocenters. The van der Waals surface area contributed by atoms with E-state index in [4.69, 9.17) is 9.47 Å². The maximum atomic E-state index is 12.2. The van der Waals surface area contributed by atoms with Crippen LogP contribution in [0.1, 0.15) is 30.4 Å². The number of nitrogens with one attached hydrogen (secondary N) is 1. The molecule has 0 saturated carbocycles. The molecule has 5 nitrogen and oxygen atoms in total. The molecule has 1 atom stereocenters. The van der Waals surface area contributed by atoms with Crippen LogP contribution in [0.4, 0.5) is 0 Å². The summed E-state index contributed by atoms with van der Waals surface area (Å²) >= 11 is 0. The fraction of sp³-hybridized carbons (Fsp3) is 0.625. The molecule has 22 heavy (non-hydrogen) atoms. The van der Waals surface area contributed by atoms with Gasteiger partial charge in [0, 0.05) is 19.8 Å². The minimum absolute atomic E-state index is 0.215. The zero-order chi connectivity index (χ0) is 16.0. The maximum absolute atomic E-state index is 12.2. The Balaban J connectivity index is 1.69. The first-order chi connectivity index (χ1) is 10.5. The van der Waals surface area contributed by atoms with Gasteiger partial charge in [0.25, 0.3) is 0 Å². The lowest BCUT2D eigenvalue weighted by Gasteiger charge is -2.11. The molecule has 1 N–H and O–H groups in total. The summed E-state index contributed by atoms with van der Waals surface area (Å²) in [6.45, 7) is 6.21. The van der Waals surface area contributed by atoms with E-state index in [2.05, 4.69) is 4.72 Å². The number of aryl methyl sites for hydroxylation is 2. The smallest absolute Gasteiger partial charge is 0.240 e. The lowest BCUT2D eigenvalue weighted by molar-refractivity contribution is 0.0169. The van der Waals surface area contributed by atoms with Crippen LogP contribution in [0.5, 0.6) is 0 Å². The number of sulfonamides is 1. The molecule has 124 valence electrons. The summed E-state index contributed by atoms with van der Waals surface area (Å²) in [6.07, 6.45) is 3.02. The highest BCUT2D eigenvalue weighted by molar-refractivity contribution is 7.89. The summed E-state index contributed by atoms with van der Waals surface area (Å²) in [5.74, 6) is 0. The zero-order valence-electron chi connectivity index (χ0n) is 13.3. The van der Waals surface area contributed by atoms with Gasteiger partial charge in [-0.3, -0.25) is 0 Å². The van der Waals surface area contributed by atoms with Gasteiger partial charge in [0.1, 0.15) is 0 Å². The monoisotopic (exact) mass is 327 g/mol. The Kier molecular flexibility index (Phi) is 6.37. The summed E-state index contributed by atoms with van der Waals surface area (Å²) in [6, 6.07) is 5.17. The predicted molar refractivity (Wildman–Crippen MR) is 85.5 cm³/mol. The summed E-state index contributed by atoms with van der Waals surface area (Å²) in [4.78, 5) is 0.316. The van der Waals surface area contributed by atoms with Gasteiger partial charge in [-0.25, -0.2) is 13.1 Å². The first-order valence-electron chi connectivity index (χ1n) is 7.75. The van der Waals surface area contributed by atoms with Gasteiger partial charge < -0.3 is 9.47 Å². The van der Waals surface area contributed by atoms with Crippen molar-refractivity contribution in [2.45, 2.75) is 44.1 Å². The van der Waals surface area contributed by atoms with Gasteiger partial charge in [0.2, 0.25) is 10.0 Å². The minimum atomic E-state index is -3.43. The van der Waals surface area contributed by atoms with Gasteiger partial charge in [-0.1, -0.05) is 6.07 Å². The quantitative estimate of drug-likeness (QED) is 0.743. The van der Waals surface area contributed by atoms with Gasteiger partial charge in [-0.05, 0) is 56.4 Å². The molecule has 0 spiro atoms. The van der Waals surface area contributed by atoms with Crippen molar-refractivity contribution in [1.82, 2.24) is 4.72 Å². The lowest BCUT2D eigenvalue weighted by Crippen LogP contribution is -2.26. The number of ether oxygens (including phenoxy) is 2. The number of hydrogen-bond acceptors (Lipinski definition) is 4. The van der Waals surface area contributed by atoms with Crippen LogP contribution in [0.3, 0.4) is 0 Å². The van der Waals surface area contributed by atoms with E-state index in [0.717, 1.165) is 30.6 Å². The predicted octanol–water partition coefficient (Wildman–Crippen LogP) is 2.17. The van der Waals surface area contributed by atoms with E-state index in [9.17, 15) is 8.42 Å². The molecule has 1 heterocycles. The SMILES string of the molecule is Cc1ccc(S(=O)(=O)NCCCOCC2CCCO2)cc1C. The highest BCUT2D eigenvalue weighted by Gasteiger charge is 2.16. The molecule has 1 aliphatic heterocycles. The van der Waals surface area contributed by atoms with Crippen molar-refractivity contribution in [3.8, 4) is 0 Å². The van der Waals surface area contributed by atoms with Gasteiger partial charge in [0.05, 0.1) is 17.6 Å². The number of hydrogen-bond donors (Lipinski definition) is 1. The Bertz CT molecular complexity index is 580. The van der Waals surface area contributed by atoms with Crippen LogP contribution in [-0.2, 0) is 19.5 Å². The molecule has 0 aromatic heterocycles. The normalized spacial score (nSPS) is 18.7. The molecule has 1 aliphatic rings. The molecule has 1 fully saturated rings. The van der Waals surface area contributed by atoms with E-state index in [-0.39, 0.29) is 6.10 Å². The summed E-state index contributed by atoms with van der Waals surface area (Å²) in [5, 5.41) is 0. The van der Waals surface area contributed by atoms with Crippen LogP contribution >= 0.6 is 0 Å². The summed E-state index contributed by atoms with van der Waals surface area (Å²) in [5.41, 5.74) is 2.06. The van der Waals surface area contributed by atoms with E-state index in [0.29, 0.717) is 31.1 Å². The first kappa shape index (κ1) is 17.4. The summed E-state index contributed by atoms with van der Waals surface area (Å²) < 4.78 is 37.9. The standard InChI is InChI=1S/C16H25NO4S/c1-13-6-7-16(11-14(13)2)22(18,19)17-8-4-9-20-12-15-5-3-10-21-15/h6-7,11,15,17H,3-5,8-10,12H2,1-2H3. The second kappa shape index (κ2) is 8.06. The molecule has 0 aliphatic carbocycles. The molecule has 2 rings (SSSR count). The Morgan fingerprint density at radius 1 is 1.32 bits per heavy atom. The Morgan fingerprint density at radius 3 is 2.82 bits per heavy atom. The molecule has 6 heteroatoms. The highest BCUT2D eigenvalue weighted by atomic mass is 32.2.